The van der Waals surface area contributed by atoms with Crippen molar-refractivity contribution in [1.29, 1.82) is 0 Å². The molecule has 3 aromatic rings. The van der Waals surface area contributed by atoms with E-state index in [1.165, 1.54) is 16.8 Å². The number of nitrogens with one attached hydrogen (secondary N) is 1. The fraction of sp³-hybridized carbons (Fsp3) is 0.211. The average molecular weight is 350 g/mol. The van der Waals surface area contributed by atoms with Gasteiger partial charge in [0, 0.05) is 11.4 Å². The molecule has 0 spiro atoms. The minimum Gasteiger partial charge on any atom is -0.351 e. The van der Waals surface area contributed by atoms with Crippen molar-refractivity contribution in [3.8, 4) is 0 Å². The Morgan fingerprint density at radius 3 is 2.72 bits per heavy atom. The quantitative estimate of drug-likeness (QED) is 0.768. The summed E-state index contributed by atoms with van der Waals surface area (Å²) in [7, 11) is 0. The molecule has 1 aliphatic rings. The Kier molecular flexibility index (Phi) is 4.52. The van der Waals surface area contributed by atoms with E-state index < -0.39 is 0 Å². The minimum absolute atomic E-state index is 0.0241. The van der Waals surface area contributed by atoms with E-state index >= 15 is 0 Å². The third-order valence-electron chi connectivity index (χ3n) is 4.24. The summed E-state index contributed by atoms with van der Waals surface area (Å²) in [6.07, 6.45) is 4.04. The van der Waals surface area contributed by atoms with Gasteiger partial charge in [0.2, 0.25) is 5.91 Å². The van der Waals surface area contributed by atoms with Gasteiger partial charge in [-0.3, -0.25) is 4.79 Å². The number of rotatable bonds is 5. The summed E-state index contributed by atoms with van der Waals surface area (Å²) in [6.45, 7) is 1.25. The lowest BCUT2D eigenvalue weighted by Gasteiger charge is -2.10. The second kappa shape index (κ2) is 7.11. The van der Waals surface area contributed by atoms with Crippen LogP contribution in [0.2, 0.25) is 0 Å². The van der Waals surface area contributed by atoms with E-state index in [0.717, 1.165) is 17.5 Å². The molecule has 2 aromatic carbocycles. The van der Waals surface area contributed by atoms with Gasteiger partial charge in [-0.2, -0.15) is 5.10 Å². The SMILES string of the molecule is O=C(NCc1ccc(Cn2cncn2)cc1)C1Cc2ccccc2S1. The summed E-state index contributed by atoms with van der Waals surface area (Å²) < 4.78 is 1.78. The highest BCUT2D eigenvalue weighted by molar-refractivity contribution is 8.01. The van der Waals surface area contributed by atoms with Gasteiger partial charge in [-0.15, -0.1) is 11.8 Å². The molecule has 1 amide bonds. The maximum absolute atomic E-state index is 12.4. The summed E-state index contributed by atoms with van der Waals surface area (Å²) in [5, 5.41) is 7.13. The lowest BCUT2D eigenvalue weighted by molar-refractivity contribution is -0.120. The molecule has 1 unspecified atom stereocenters. The molecule has 0 saturated carbocycles. The van der Waals surface area contributed by atoms with E-state index in [1.807, 2.05) is 24.3 Å². The smallest absolute Gasteiger partial charge is 0.234 e. The van der Waals surface area contributed by atoms with E-state index in [9.17, 15) is 4.79 Å². The van der Waals surface area contributed by atoms with Gasteiger partial charge in [0.05, 0.1) is 11.8 Å². The Morgan fingerprint density at radius 1 is 1.16 bits per heavy atom. The Morgan fingerprint density at radius 2 is 1.96 bits per heavy atom. The third kappa shape index (κ3) is 3.74. The van der Waals surface area contributed by atoms with E-state index in [2.05, 4.69) is 39.7 Å². The number of benzene rings is 2. The number of hydrogen-bond acceptors (Lipinski definition) is 4. The van der Waals surface area contributed by atoms with Crippen molar-refractivity contribution in [2.24, 2.45) is 0 Å². The van der Waals surface area contributed by atoms with E-state index in [4.69, 9.17) is 0 Å². The van der Waals surface area contributed by atoms with E-state index in [0.29, 0.717) is 13.1 Å². The van der Waals surface area contributed by atoms with Crippen LogP contribution in [-0.4, -0.2) is 25.9 Å². The van der Waals surface area contributed by atoms with Crippen molar-refractivity contribution >= 4 is 17.7 Å². The first-order valence-electron chi connectivity index (χ1n) is 8.20. The Balaban J connectivity index is 1.30. The van der Waals surface area contributed by atoms with Gasteiger partial charge in [0.15, 0.2) is 0 Å². The second-order valence-electron chi connectivity index (χ2n) is 6.05. The van der Waals surface area contributed by atoms with Gasteiger partial charge in [-0.1, -0.05) is 42.5 Å². The molecule has 0 aliphatic carbocycles. The number of aromatic nitrogens is 3. The fourth-order valence-electron chi connectivity index (χ4n) is 2.90. The molecule has 1 atom stereocenters. The molecule has 2 heterocycles. The van der Waals surface area contributed by atoms with Crippen molar-refractivity contribution in [1.82, 2.24) is 20.1 Å². The van der Waals surface area contributed by atoms with Crippen LogP contribution in [0.3, 0.4) is 0 Å². The molecule has 0 bridgehead atoms. The largest absolute Gasteiger partial charge is 0.351 e. The van der Waals surface area contributed by atoms with Crippen molar-refractivity contribution in [3.05, 3.63) is 77.9 Å². The topological polar surface area (TPSA) is 59.8 Å². The predicted molar refractivity (Wildman–Crippen MR) is 97.2 cm³/mol. The monoisotopic (exact) mass is 350 g/mol. The van der Waals surface area contributed by atoms with Crippen molar-refractivity contribution in [2.75, 3.05) is 0 Å². The zero-order valence-electron chi connectivity index (χ0n) is 13.6. The van der Waals surface area contributed by atoms with Crippen molar-refractivity contribution in [3.63, 3.8) is 0 Å². The lowest BCUT2D eigenvalue weighted by atomic mass is 10.1. The van der Waals surface area contributed by atoms with Crippen molar-refractivity contribution in [2.45, 2.75) is 29.7 Å². The number of nitrogens with zero attached hydrogens (tertiary/aromatic N) is 3. The third-order valence-corrected chi connectivity index (χ3v) is 5.56. The Bertz CT molecular complexity index is 836. The summed E-state index contributed by atoms with van der Waals surface area (Å²) in [5.41, 5.74) is 3.52. The van der Waals surface area contributed by atoms with Crippen LogP contribution in [0.4, 0.5) is 0 Å². The van der Waals surface area contributed by atoms with E-state index in [-0.39, 0.29) is 11.2 Å². The molecule has 0 fully saturated rings. The van der Waals surface area contributed by atoms with Gasteiger partial charge in [-0.05, 0) is 29.2 Å². The first-order valence-corrected chi connectivity index (χ1v) is 9.08. The van der Waals surface area contributed by atoms with Crippen LogP contribution in [0, 0.1) is 0 Å². The molecule has 5 nitrogen and oxygen atoms in total. The number of carbonyl (C=O) groups is 1. The van der Waals surface area contributed by atoms with Crippen LogP contribution < -0.4 is 5.32 Å². The number of carbonyl (C=O) groups excluding carboxylic acids is 1. The summed E-state index contributed by atoms with van der Waals surface area (Å²) in [5.74, 6) is 0.105. The van der Waals surface area contributed by atoms with Gasteiger partial charge in [-0.25, -0.2) is 9.67 Å². The lowest BCUT2D eigenvalue weighted by Crippen LogP contribution is -2.31. The molecule has 0 radical (unpaired) electrons. The van der Waals surface area contributed by atoms with Crippen LogP contribution in [0.15, 0.2) is 66.1 Å². The van der Waals surface area contributed by atoms with Crippen LogP contribution in [0.5, 0.6) is 0 Å². The molecule has 4 rings (SSSR count). The summed E-state index contributed by atoms with van der Waals surface area (Å²) >= 11 is 1.66. The molecular formula is C19H18N4OS. The highest BCUT2D eigenvalue weighted by Crippen LogP contribution is 2.36. The Labute approximate surface area is 150 Å². The predicted octanol–water partition coefficient (Wildman–Crippen LogP) is 2.66. The molecule has 1 aromatic heterocycles. The van der Waals surface area contributed by atoms with Crippen molar-refractivity contribution < 1.29 is 4.79 Å². The van der Waals surface area contributed by atoms with E-state index in [1.54, 1.807) is 22.8 Å². The molecule has 6 heteroatoms. The maximum Gasteiger partial charge on any atom is 0.234 e. The first kappa shape index (κ1) is 15.9. The Hall–Kier alpha value is -2.60. The molecule has 0 saturated heterocycles. The summed E-state index contributed by atoms with van der Waals surface area (Å²) in [6, 6.07) is 16.4. The average Bonchev–Trinajstić information content (AvgIpc) is 3.30. The normalized spacial score (nSPS) is 15.8. The van der Waals surface area contributed by atoms with Gasteiger partial charge >= 0.3 is 0 Å². The standard InChI is InChI=1S/C19H18N4OS/c24-19(18-9-16-3-1-2-4-17(16)25-18)21-10-14-5-7-15(8-6-14)11-23-13-20-12-22-23/h1-8,12-13,18H,9-11H2,(H,21,24). The van der Waals surface area contributed by atoms with Gasteiger partial charge < -0.3 is 5.32 Å². The number of amides is 1. The molecule has 1 N–H and O–H groups in total. The van der Waals surface area contributed by atoms with Crippen LogP contribution in [-0.2, 0) is 24.3 Å². The molecule has 126 valence electrons. The number of hydrogen-bond donors (Lipinski definition) is 1. The highest BCUT2D eigenvalue weighted by atomic mass is 32.2. The van der Waals surface area contributed by atoms with Gasteiger partial charge in [0.1, 0.15) is 12.7 Å². The molecular weight excluding hydrogens is 332 g/mol. The number of thioether (sulfide) groups is 1. The maximum atomic E-state index is 12.4. The zero-order chi connectivity index (χ0) is 17.1. The van der Waals surface area contributed by atoms with Crippen LogP contribution >= 0.6 is 11.8 Å². The second-order valence-corrected chi connectivity index (χ2v) is 7.29. The molecule has 25 heavy (non-hydrogen) atoms. The number of fused-ring (bicyclic) bond motifs is 1. The van der Waals surface area contributed by atoms with Crippen LogP contribution in [0.1, 0.15) is 16.7 Å². The van der Waals surface area contributed by atoms with Crippen LogP contribution in [0.25, 0.3) is 0 Å². The highest BCUT2D eigenvalue weighted by Gasteiger charge is 2.27. The van der Waals surface area contributed by atoms with Gasteiger partial charge in [0.25, 0.3) is 0 Å². The summed E-state index contributed by atoms with van der Waals surface area (Å²) in [4.78, 5) is 17.6. The fourth-order valence-corrected chi connectivity index (χ4v) is 4.11. The zero-order valence-corrected chi connectivity index (χ0v) is 14.4. The minimum atomic E-state index is -0.0241. The first-order chi connectivity index (χ1) is 12.3. The molecule has 1 aliphatic heterocycles.